The van der Waals surface area contributed by atoms with Crippen LogP contribution in [-0.2, 0) is 4.79 Å². The first-order valence-corrected chi connectivity index (χ1v) is 8.53. The minimum absolute atomic E-state index is 0.0783. The molecule has 0 aromatic heterocycles. The molecule has 0 aliphatic carbocycles. The van der Waals surface area contributed by atoms with Gasteiger partial charge in [-0.1, -0.05) is 18.2 Å². The van der Waals surface area contributed by atoms with Crippen LogP contribution in [0.2, 0.25) is 0 Å². The minimum Gasteiger partial charge on any atom is -0.385 e. The molecule has 0 spiro atoms. The fraction of sp³-hybridized carbons (Fsp3) is 0.556. The first-order valence-electron chi connectivity index (χ1n) is 8.53. The molecule has 0 saturated carbocycles. The largest absolute Gasteiger partial charge is 0.385 e. The molecule has 0 radical (unpaired) electrons. The van der Waals surface area contributed by atoms with Gasteiger partial charge in [0.1, 0.15) is 6.54 Å². The van der Waals surface area contributed by atoms with Crippen molar-refractivity contribution in [3.8, 4) is 0 Å². The Bertz CT molecular complexity index is 508. The fourth-order valence-electron chi connectivity index (χ4n) is 2.03. The van der Waals surface area contributed by atoms with Crippen molar-refractivity contribution in [3.63, 3.8) is 0 Å². The average Bonchev–Trinajstić information content (AvgIpc) is 2.51. The summed E-state index contributed by atoms with van der Waals surface area (Å²) >= 11 is 0. The second-order valence-electron chi connectivity index (χ2n) is 6.57. The molecule has 0 bridgehead atoms. The number of para-hydroxylation sites is 1. The van der Waals surface area contributed by atoms with Gasteiger partial charge in [0.2, 0.25) is 5.91 Å². The maximum atomic E-state index is 11.8. The summed E-state index contributed by atoms with van der Waals surface area (Å²) < 4.78 is 0. The summed E-state index contributed by atoms with van der Waals surface area (Å²) in [7, 11) is 0. The predicted octanol–water partition coefficient (Wildman–Crippen LogP) is 1.96. The summed E-state index contributed by atoms with van der Waals surface area (Å²) in [6.45, 7) is 10.4. The number of amides is 1. The third-order valence-electron chi connectivity index (χ3n) is 2.99. The van der Waals surface area contributed by atoms with Crippen LogP contribution < -0.4 is 21.3 Å². The number of nitrogens with zero attached hydrogens (tertiary/aromatic N) is 1. The number of carbonyl (C=O) groups excluding carboxylic acids is 1. The summed E-state index contributed by atoms with van der Waals surface area (Å²) in [6.07, 6.45) is 0.952. The number of anilines is 1. The van der Waals surface area contributed by atoms with E-state index in [2.05, 4.69) is 26.3 Å². The molecule has 24 heavy (non-hydrogen) atoms. The number of hydrogen-bond donors (Lipinski definition) is 4. The Labute approximate surface area is 145 Å². The van der Waals surface area contributed by atoms with Gasteiger partial charge in [-0.25, -0.2) is 4.99 Å². The topological polar surface area (TPSA) is 77.5 Å². The van der Waals surface area contributed by atoms with Crippen molar-refractivity contribution < 1.29 is 4.79 Å². The Morgan fingerprint density at radius 3 is 2.42 bits per heavy atom. The van der Waals surface area contributed by atoms with Crippen molar-refractivity contribution in [2.24, 2.45) is 4.99 Å². The predicted molar refractivity (Wildman–Crippen MR) is 101 cm³/mol. The van der Waals surface area contributed by atoms with Crippen LogP contribution in [0.3, 0.4) is 0 Å². The molecule has 0 heterocycles. The lowest BCUT2D eigenvalue weighted by molar-refractivity contribution is -0.121. The van der Waals surface area contributed by atoms with Crippen molar-refractivity contribution in [2.45, 2.75) is 39.7 Å². The van der Waals surface area contributed by atoms with Crippen LogP contribution in [0.15, 0.2) is 35.3 Å². The monoisotopic (exact) mass is 333 g/mol. The average molecular weight is 333 g/mol. The van der Waals surface area contributed by atoms with Gasteiger partial charge in [0.25, 0.3) is 0 Å². The first-order chi connectivity index (χ1) is 11.4. The number of guanidine groups is 1. The molecule has 6 heteroatoms. The van der Waals surface area contributed by atoms with E-state index in [0.717, 1.165) is 31.7 Å². The van der Waals surface area contributed by atoms with E-state index in [1.165, 1.54) is 0 Å². The zero-order valence-corrected chi connectivity index (χ0v) is 15.3. The third-order valence-corrected chi connectivity index (χ3v) is 2.99. The SMILES string of the molecule is CCNC(=NCC(=O)NC(C)(C)C)NCCCNc1ccccc1. The highest BCUT2D eigenvalue weighted by Crippen LogP contribution is 2.04. The summed E-state index contributed by atoms with van der Waals surface area (Å²) in [6, 6.07) is 10.1. The van der Waals surface area contributed by atoms with Crippen LogP contribution >= 0.6 is 0 Å². The van der Waals surface area contributed by atoms with Crippen LogP contribution in [0.4, 0.5) is 5.69 Å². The van der Waals surface area contributed by atoms with Gasteiger partial charge in [0.15, 0.2) is 5.96 Å². The first kappa shape index (κ1) is 19.8. The van der Waals surface area contributed by atoms with Crippen molar-refractivity contribution in [1.29, 1.82) is 0 Å². The lowest BCUT2D eigenvalue weighted by Crippen LogP contribution is -2.43. The van der Waals surface area contributed by atoms with Crippen LogP contribution in [0.25, 0.3) is 0 Å². The highest BCUT2D eigenvalue weighted by atomic mass is 16.2. The van der Waals surface area contributed by atoms with Gasteiger partial charge in [-0.05, 0) is 46.2 Å². The molecule has 6 nitrogen and oxygen atoms in total. The number of rotatable bonds is 8. The molecule has 0 atom stereocenters. The molecule has 1 rings (SSSR count). The third kappa shape index (κ3) is 9.71. The smallest absolute Gasteiger partial charge is 0.242 e. The van der Waals surface area contributed by atoms with E-state index in [-0.39, 0.29) is 18.0 Å². The van der Waals surface area contributed by atoms with Crippen LogP contribution in [-0.4, -0.2) is 43.6 Å². The number of aliphatic imine (C=N–C) groups is 1. The Kier molecular flexibility index (Phi) is 8.68. The van der Waals surface area contributed by atoms with Crippen molar-refractivity contribution >= 4 is 17.6 Å². The molecule has 1 amide bonds. The fourth-order valence-corrected chi connectivity index (χ4v) is 2.03. The maximum Gasteiger partial charge on any atom is 0.242 e. The number of benzene rings is 1. The quantitative estimate of drug-likeness (QED) is 0.333. The molecule has 0 aliphatic rings. The van der Waals surface area contributed by atoms with Crippen molar-refractivity contribution in [3.05, 3.63) is 30.3 Å². The van der Waals surface area contributed by atoms with E-state index in [9.17, 15) is 4.79 Å². The van der Waals surface area contributed by atoms with Gasteiger partial charge in [-0.2, -0.15) is 0 Å². The van der Waals surface area contributed by atoms with Crippen LogP contribution in [0, 0.1) is 0 Å². The molecular formula is C18H31N5O. The van der Waals surface area contributed by atoms with Crippen LogP contribution in [0.5, 0.6) is 0 Å². The molecule has 0 fully saturated rings. The van der Waals surface area contributed by atoms with Gasteiger partial charge >= 0.3 is 0 Å². The van der Waals surface area contributed by atoms with E-state index >= 15 is 0 Å². The molecule has 4 N–H and O–H groups in total. The van der Waals surface area contributed by atoms with E-state index in [0.29, 0.717) is 5.96 Å². The molecule has 0 saturated heterocycles. The Balaban J connectivity index is 2.29. The van der Waals surface area contributed by atoms with Gasteiger partial charge < -0.3 is 21.3 Å². The normalized spacial score (nSPS) is 11.8. The second kappa shape index (κ2) is 10.5. The van der Waals surface area contributed by atoms with Gasteiger partial charge in [-0.3, -0.25) is 4.79 Å². The lowest BCUT2D eigenvalue weighted by atomic mass is 10.1. The van der Waals surface area contributed by atoms with E-state index in [1.807, 2.05) is 58.0 Å². The van der Waals surface area contributed by atoms with Crippen molar-refractivity contribution in [1.82, 2.24) is 16.0 Å². The highest BCUT2D eigenvalue weighted by Gasteiger charge is 2.13. The molecule has 0 unspecified atom stereocenters. The lowest BCUT2D eigenvalue weighted by Gasteiger charge is -2.20. The minimum atomic E-state index is -0.235. The highest BCUT2D eigenvalue weighted by molar-refractivity contribution is 5.85. The summed E-state index contributed by atoms with van der Waals surface area (Å²) in [4.78, 5) is 16.1. The number of carbonyl (C=O) groups is 1. The Hall–Kier alpha value is -2.24. The standard InChI is InChI=1S/C18H31N5O/c1-5-19-17(22-14-16(24)23-18(2,3)4)21-13-9-12-20-15-10-7-6-8-11-15/h6-8,10-11,20H,5,9,12-14H2,1-4H3,(H,23,24)(H2,19,21,22). The van der Waals surface area contributed by atoms with Crippen LogP contribution in [0.1, 0.15) is 34.1 Å². The molecule has 0 aliphatic heterocycles. The van der Waals surface area contributed by atoms with Gasteiger partial charge in [0, 0.05) is 30.9 Å². The number of hydrogen-bond acceptors (Lipinski definition) is 3. The zero-order chi connectivity index (χ0) is 17.8. The second-order valence-corrected chi connectivity index (χ2v) is 6.57. The molecule has 134 valence electrons. The van der Waals surface area contributed by atoms with Crippen molar-refractivity contribution in [2.75, 3.05) is 31.5 Å². The Morgan fingerprint density at radius 2 is 1.79 bits per heavy atom. The summed E-state index contributed by atoms with van der Waals surface area (Å²) in [5.41, 5.74) is 0.888. The zero-order valence-electron chi connectivity index (χ0n) is 15.3. The van der Waals surface area contributed by atoms with Gasteiger partial charge in [0.05, 0.1) is 0 Å². The Morgan fingerprint density at radius 1 is 1.08 bits per heavy atom. The molecular weight excluding hydrogens is 302 g/mol. The maximum absolute atomic E-state index is 11.8. The summed E-state index contributed by atoms with van der Waals surface area (Å²) in [5, 5.41) is 12.7. The molecule has 1 aromatic rings. The van der Waals surface area contributed by atoms with E-state index in [1.54, 1.807) is 0 Å². The van der Waals surface area contributed by atoms with E-state index in [4.69, 9.17) is 0 Å². The summed E-state index contributed by atoms with van der Waals surface area (Å²) in [5.74, 6) is 0.590. The molecule has 1 aromatic carbocycles. The number of nitrogens with one attached hydrogen (secondary N) is 4. The van der Waals surface area contributed by atoms with Gasteiger partial charge in [-0.15, -0.1) is 0 Å². The van der Waals surface area contributed by atoms with E-state index < -0.39 is 0 Å².